The normalized spacial score (nSPS) is 28.5. The van der Waals surface area contributed by atoms with Gasteiger partial charge in [-0.2, -0.15) is 0 Å². The Bertz CT molecular complexity index is 233. The number of ketones is 2. The predicted octanol–water partition coefficient (Wildman–Crippen LogP) is 2.45. The summed E-state index contributed by atoms with van der Waals surface area (Å²) in [6, 6.07) is 0. The molecule has 0 aromatic carbocycles. The Hall–Kier alpha value is -0.190. The Morgan fingerprint density at radius 1 is 1.31 bits per heavy atom. The lowest BCUT2D eigenvalue weighted by atomic mass is 10.0. The van der Waals surface area contributed by atoms with Crippen molar-refractivity contribution in [3.63, 3.8) is 0 Å². The van der Waals surface area contributed by atoms with Gasteiger partial charge in [0.2, 0.25) is 0 Å². The Morgan fingerprint density at radius 2 is 2.08 bits per heavy atom. The highest BCUT2D eigenvalue weighted by atomic mass is 127. The topological polar surface area (TPSA) is 34.1 Å². The molecule has 0 spiro atoms. The molecule has 1 unspecified atom stereocenters. The minimum atomic E-state index is 0.0991. The molecule has 0 amide bonds. The molecule has 0 radical (unpaired) electrons. The van der Waals surface area contributed by atoms with Gasteiger partial charge in [0, 0.05) is 12.8 Å². The van der Waals surface area contributed by atoms with E-state index < -0.39 is 0 Å². The molecule has 0 heterocycles. The van der Waals surface area contributed by atoms with Gasteiger partial charge in [-0.1, -0.05) is 35.1 Å². The van der Waals surface area contributed by atoms with Gasteiger partial charge in [-0.3, -0.25) is 9.59 Å². The van der Waals surface area contributed by atoms with Crippen molar-refractivity contribution >= 4 is 34.2 Å². The van der Waals surface area contributed by atoms with E-state index in [2.05, 4.69) is 22.6 Å². The van der Waals surface area contributed by atoms with Crippen molar-refractivity contribution in [3.05, 3.63) is 12.2 Å². The third-order valence-corrected chi connectivity index (χ3v) is 3.34. The summed E-state index contributed by atoms with van der Waals surface area (Å²) in [5, 5.41) is 0. The average molecular weight is 292 g/mol. The fourth-order valence-electron chi connectivity index (χ4n) is 1.30. The summed E-state index contributed by atoms with van der Waals surface area (Å²) >= 11 is 2.17. The number of Topliss-reactive ketones (excluding diaryl/α,β-unsaturated/α-hetero) is 1. The minimum Gasteiger partial charge on any atom is -0.299 e. The molecule has 0 N–H and O–H groups in total. The standard InChI is InChI=1S/C10H13IO2/c11-9-6-2-1-4-8(12)5-3-7-10(9)13/h3,7,9H,1-2,4-6H2/b7-3-. The van der Waals surface area contributed by atoms with Gasteiger partial charge >= 0.3 is 0 Å². The lowest BCUT2D eigenvalue weighted by Crippen LogP contribution is -2.12. The third kappa shape index (κ3) is 4.02. The molecule has 0 fully saturated rings. The van der Waals surface area contributed by atoms with Gasteiger partial charge < -0.3 is 0 Å². The third-order valence-electron chi connectivity index (χ3n) is 2.10. The maximum Gasteiger partial charge on any atom is 0.168 e. The van der Waals surface area contributed by atoms with Gasteiger partial charge in [-0.25, -0.2) is 0 Å². The molecule has 3 heteroatoms. The van der Waals surface area contributed by atoms with Crippen LogP contribution in [0.1, 0.15) is 32.1 Å². The average Bonchev–Trinajstić information content (AvgIpc) is 2.11. The van der Waals surface area contributed by atoms with E-state index in [0.717, 1.165) is 19.3 Å². The summed E-state index contributed by atoms with van der Waals surface area (Å²) < 4.78 is 0.0991. The number of carbonyl (C=O) groups is 2. The van der Waals surface area contributed by atoms with E-state index in [1.165, 1.54) is 0 Å². The highest BCUT2D eigenvalue weighted by molar-refractivity contribution is 14.1. The van der Waals surface area contributed by atoms with Crippen molar-refractivity contribution in [1.29, 1.82) is 0 Å². The molecule has 1 atom stereocenters. The van der Waals surface area contributed by atoms with Crippen LogP contribution in [0.2, 0.25) is 0 Å². The fraction of sp³-hybridized carbons (Fsp3) is 0.600. The molecule has 1 aliphatic rings. The van der Waals surface area contributed by atoms with Crippen molar-refractivity contribution in [1.82, 2.24) is 0 Å². The quantitative estimate of drug-likeness (QED) is 0.507. The van der Waals surface area contributed by atoms with E-state index in [1.54, 1.807) is 12.2 Å². The molecule has 0 aliphatic heterocycles. The first-order chi connectivity index (χ1) is 6.20. The zero-order valence-electron chi connectivity index (χ0n) is 7.46. The molecule has 0 aromatic heterocycles. The Balaban J connectivity index is 2.57. The van der Waals surface area contributed by atoms with E-state index in [4.69, 9.17) is 0 Å². The maximum atomic E-state index is 11.3. The monoisotopic (exact) mass is 292 g/mol. The number of rotatable bonds is 0. The van der Waals surface area contributed by atoms with E-state index >= 15 is 0 Å². The SMILES string of the molecule is O=C1C/C=C\C(=O)C(I)CCCC1. The number of carbonyl (C=O) groups excluding carboxylic acids is 2. The van der Waals surface area contributed by atoms with Crippen LogP contribution in [0.15, 0.2) is 12.2 Å². The second-order valence-electron chi connectivity index (χ2n) is 3.26. The molecular weight excluding hydrogens is 279 g/mol. The summed E-state index contributed by atoms with van der Waals surface area (Å²) in [6.45, 7) is 0. The largest absolute Gasteiger partial charge is 0.299 e. The lowest BCUT2D eigenvalue weighted by Gasteiger charge is -2.07. The van der Waals surface area contributed by atoms with Crippen LogP contribution in [0.5, 0.6) is 0 Å². The number of allylic oxidation sites excluding steroid dienone is 2. The summed E-state index contributed by atoms with van der Waals surface area (Å²) in [4.78, 5) is 22.5. The highest BCUT2D eigenvalue weighted by Gasteiger charge is 2.12. The molecule has 0 saturated carbocycles. The van der Waals surface area contributed by atoms with Crippen LogP contribution >= 0.6 is 22.6 Å². The summed E-state index contributed by atoms with van der Waals surface area (Å²) in [7, 11) is 0. The van der Waals surface area contributed by atoms with Crippen molar-refractivity contribution in [2.45, 2.75) is 36.0 Å². The van der Waals surface area contributed by atoms with Crippen LogP contribution in [-0.4, -0.2) is 15.5 Å². The van der Waals surface area contributed by atoms with Crippen LogP contribution in [0.25, 0.3) is 0 Å². The lowest BCUT2D eigenvalue weighted by molar-refractivity contribution is -0.118. The number of hydrogen-bond donors (Lipinski definition) is 0. The summed E-state index contributed by atoms with van der Waals surface area (Å²) in [5.41, 5.74) is 0. The van der Waals surface area contributed by atoms with Crippen molar-refractivity contribution in [3.8, 4) is 0 Å². The second kappa shape index (κ2) is 5.52. The van der Waals surface area contributed by atoms with Crippen molar-refractivity contribution in [2.24, 2.45) is 0 Å². The number of halogens is 1. The van der Waals surface area contributed by atoms with Gasteiger partial charge in [-0.15, -0.1) is 0 Å². The molecule has 1 aliphatic carbocycles. The van der Waals surface area contributed by atoms with Gasteiger partial charge in [-0.05, 0) is 18.9 Å². The highest BCUT2D eigenvalue weighted by Crippen LogP contribution is 2.15. The first-order valence-electron chi connectivity index (χ1n) is 4.56. The molecule has 0 saturated heterocycles. The van der Waals surface area contributed by atoms with Crippen molar-refractivity contribution < 1.29 is 9.59 Å². The number of alkyl halides is 1. The molecule has 72 valence electrons. The Kier molecular flexibility index (Phi) is 4.62. The first-order valence-corrected chi connectivity index (χ1v) is 5.81. The van der Waals surface area contributed by atoms with Crippen LogP contribution in [0.3, 0.4) is 0 Å². The van der Waals surface area contributed by atoms with Gasteiger partial charge in [0.25, 0.3) is 0 Å². The van der Waals surface area contributed by atoms with Crippen LogP contribution in [0.4, 0.5) is 0 Å². The van der Waals surface area contributed by atoms with Crippen LogP contribution < -0.4 is 0 Å². The Morgan fingerprint density at radius 3 is 2.85 bits per heavy atom. The zero-order chi connectivity index (χ0) is 9.68. The maximum absolute atomic E-state index is 11.3. The molecule has 0 bridgehead atoms. The van der Waals surface area contributed by atoms with E-state index in [9.17, 15) is 9.59 Å². The molecule has 13 heavy (non-hydrogen) atoms. The van der Waals surface area contributed by atoms with E-state index in [-0.39, 0.29) is 15.5 Å². The van der Waals surface area contributed by atoms with E-state index in [0.29, 0.717) is 12.8 Å². The van der Waals surface area contributed by atoms with Crippen LogP contribution in [0, 0.1) is 0 Å². The minimum absolute atomic E-state index is 0.0991. The van der Waals surface area contributed by atoms with Crippen LogP contribution in [-0.2, 0) is 9.59 Å². The Labute approximate surface area is 91.9 Å². The smallest absolute Gasteiger partial charge is 0.168 e. The molecular formula is C10H13IO2. The molecule has 1 rings (SSSR count). The fourth-order valence-corrected chi connectivity index (χ4v) is 1.95. The first kappa shape index (κ1) is 10.9. The van der Waals surface area contributed by atoms with Gasteiger partial charge in [0.05, 0.1) is 3.92 Å². The summed E-state index contributed by atoms with van der Waals surface area (Å²) in [6.07, 6.45) is 7.16. The summed E-state index contributed by atoms with van der Waals surface area (Å²) in [5.74, 6) is 0.395. The molecule has 2 nitrogen and oxygen atoms in total. The molecule has 0 aromatic rings. The van der Waals surface area contributed by atoms with Gasteiger partial charge in [0.15, 0.2) is 5.78 Å². The van der Waals surface area contributed by atoms with E-state index in [1.807, 2.05) is 0 Å². The predicted molar refractivity (Wildman–Crippen MR) is 60.0 cm³/mol. The zero-order valence-corrected chi connectivity index (χ0v) is 9.62. The van der Waals surface area contributed by atoms with Gasteiger partial charge in [0.1, 0.15) is 5.78 Å². The second-order valence-corrected chi connectivity index (χ2v) is 4.76. The van der Waals surface area contributed by atoms with Crippen molar-refractivity contribution in [2.75, 3.05) is 0 Å². The number of hydrogen-bond acceptors (Lipinski definition) is 2.